The third-order valence-electron chi connectivity index (χ3n) is 1.59. The minimum atomic E-state index is -4.31. The van der Waals surface area contributed by atoms with Crippen LogP contribution in [0, 0.1) is 0 Å². The van der Waals surface area contributed by atoms with Crippen molar-refractivity contribution in [2.45, 2.75) is 25.1 Å². The molecule has 1 heterocycles. The van der Waals surface area contributed by atoms with Gasteiger partial charge in [0.05, 0.1) is 6.10 Å². The van der Waals surface area contributed by atoms with Crippen LogP contribution in [0.15, 0.2) is 0 Å². The molecule has 0 aromatic carbocycles. The third-order valence-corrected chi connectivity index (χ3v) is 1.59. The summed E-state index contributed by atoms with van der Waals surface area (Å²) in [6.07, 6.45) is -8.51. The minimum Gasteiger partial charge on any atom is -0.314 e. The number of rotatable bonds is 3. The molecule has 1 rings (SSSR count). The van der Waals surface area contributed by atoms with E-state index in [-0.39, 0.29) is 6.54 Å². The monoisotopic (exact) mass is 187 g/mol. The van der Waals surface area contributed by atoms with E-state index in [1.54, 1.807) is 0 Å². The number of hydrogen-bond acceptors (Lipinski definition) is 2. The molecule has 1 saturated heterocycles. The van der Waals surface area contributed by atoms with Crippen molar-refractivity contribution < 1.29 is 22.3 Å². The van der Waals surface area contributed by atoms with Crippen molar-refractivity contribution in [1.82, 2.24) is 5.32 Å². The Hall–Kier alpha value is -0.360. The Morgan fingerprint density at radius 1 is 1.42 bits per heavy atom. The van der Waals surface area contributed by atoms with E-state index >= 15 is 0 Å². The van der Waals surface area contributed by atoms with E-state index in [0.29, 0.717) is 13.0 Å². The van der Waals surface area contributed by atoms with Gasteiger partial charge in [-0.25, -0.2) is 8.78 Å². The lowest BCUT2D eigenvalue weighted by Crippen LogP contribution is -2.35. The number of hydrogen-bond donors (Lipinski definition) is 1. The lowest BCUT2D eigenvalue weighted by Gasteiger charge is -2.19. The summed E-state index contributed by atoms with van der Waals surface area (Å²) in [7, 11) is 0. The van der Waals surface area contributed by atoms with Gasteiger partial charge in [-0.2, -0.15) is 8.78 Å². The predicted molar refractivity (Wildman–Crippen MR) is 33.3 cm³/mol. The van der Waals surface area contributed by atoms with Crippen LogP contribution in [0.3, 0.4) is 0 Å². The van der Waals surface area contributed by atoms with Crippen LogP contribution in [0.1, 0.15) is 6.42 Å². The second-order valence-electron chi connectivity index (χ2n) is 2.60. The van der Waals surface area contributed by atoms with Gasteiger partial charge in [0.1, 0.15) is 0 Å². The average molecular weight is 187 g/mol. The molecule has 1 atom stereocenters. The molecule has 2 nitrogen and oxygen atoms in total. The Morgan fingerprint density at radius 3 is 2.50 bits per heavy atom. The molecular weight excluding hydrogens is 178 g/mol. The first-order chi connectivity index (χ1) is 5.52. The third kappa shape index (κ3) is 2.31. The molecule has 0 bridgehead atoms. The fraction of sp³-hybridized carbons (Fsp3) is 1.00. The van der Waals surface area contributed by atoms with Crippen molar-refractivity contribution in [2.24, 2.45) is 0 Å². The highest BCUT2D eigenvalue weighted by Gasteiger charge is 2.44. The van der Waals surface area contributed by atoms with Crippen molar-refractivity contribution in [3.05, 3.63) is 0 Å². The fourth-order valence-electron chi connectivity index (χ4n) is 1.00. The Bertz CT molecular complexity index is 146. The molecule has 1 aliphatic rings. The maximum absolute atomic E-state index is 12.2. The second-order valence-corrected chi connectivity index (χ2v) is 2.60. The zero-order valence-corrected chi connectivity index (χ0v) is 6.20. The van der Waals surface area contributed by atoms with Gasteiger partial charge < -0.3 is 10.1 Å². The van der Waals surface area contributed by atoms with Crippen LogP contribution in [-0.2, 0) is 4.74 Å². The largest absolute Gasteiger partial charge is 0.416 e. The molecule has 12 heavy (non-hydrogen) atoms. The highest BCUT2D eigenvalue weighted by atomic mass is 19.3. The van der Waals surface area contributed by atoms with Crippen molar-refractivity contribution in [1.29, 1.82) is 0 Å². The summed E-state index contributed by atoms with van der Waals surface area (Å²) in [5, 5.41) is 2.73. The molecule has 1 fully saturated rings. The molecule has 0 aromatic rings. The first-order valence-electron chi connectivity index (χ1n) is 3.57. The normalized spacial score (nSPS) is 25.2. The highest BCUT2D eigenvalue weighted by molar-refractivity contribution is 4.73. The van der Waals surface area contributed by atoms with Gasteiger partial charge in [-0.15, -0.1) is 0 Å². The van der Waals surface area contributed by atoms with E-state index in [2.05, 4.69) is 10.1 Å². The van der Waals surface area contributed by atoms with Gasteiger partial charge in [0, 0.05) is 6.54 Å². The molecule has 0 saturated carbocycles. The van der Waals surface area contributed by atoms with Gasteiger partial charge in [0.2, 0.25) is 0 Å². The zero-order valence-electron chi connectivity index (χ0n) is 6.20. The fourth-order valence-corrected chi connectivity index (χ4v) is 1.00. The molecule has 0 amide bonds. The molecule has 1 unspecified atom stereocenters. The van der Waals surface area contributed by atoms with E-state index in [9.17, 15) is 17.6 Å². The second kappa shape index (κ2) is 3.57. The van der Waals surface area contributed by atoms with Crippen LogP contribution in [0.2, 0.25) is 0 Å². The summed E-state index contributed by atoms with van der Waals surface area (Å²) < 4.78 is 51.5. The van der Waals surface area contributed by atoms with E-state index in [1.807, 2.05) is 0 Å². The lowest BCUT2D eigenvalue weighted by molar-refractivity contribution is -0.315. The first-order valence-corrected chi connectivity index (χ1v) is 3.57. The minimum absolute atomic E-state index is 0.211. The Kier molecular flexibility index (Phi) is 2.89. The lowest BCUT2D eigenvalue weighted by atomic mass is 10.3. The first kappa shape index (κ1) is 9.73. The van der Waals surface area contributed by atoms with Gasteiger partial charge in [-0.3, -0.25) is 0 Å². The molecule has 1 aliphatic heterocycles. The zero-order chi connectivity index (χ0) is 9.19. The Labute approximate surface area is 66.9 Å². The van der Waals surface area contributed by atoms with Crippen LogP contribution in [-0.4, -0.2) is 31.7 Å². The van der Waals surface area contributed by atoms with Crippen LogP contribution in [0.5, 0.6) is 0 Å². The molecule has 1 N–H and O–H groups in total. The van der Waals surface area contributed by atoms with Gasteiger partial charge in [0.15, 0.2) is 0 Å². The van der Waals surface area contributed by atoms with Gasteiger partial charge >= 0.3 is 12.5 Å². The Morgan fingerprint density at radius 2 is 2.08 bits per heavy atom. The van der Waals surface area contributed by atoms with Crippen LogP contribution in [0.4, 0.5) is 17.6 Å². The van der Waals surface area contributed by atoms with E-state index in [4.69, 9.17) is 0 Å². The van der Waals surface area contributed by atoms with E-state index in [0.717, 1.165) is 0 Å². The topological polar surface area (TPSA) is 21.3 Å². The molecule has 0 aromatic heterocycles. The molecular formula is C6H9F4NO. The number of alkyl halides is 4. The van der Waals surface area contributed by atoms with Gasteiger partial charge in [0.25, 0.3) is 0 Å². The Balaban J connectivity index is 2.37. The van der Waals surface area contributed by atoms with Crippen molar-refractivity contribution in [2.75, 3.05) is 13.1 Å². The maximum Gasteiger partial charge on any atom is 0.416 e. The molecule has 0 aliphatic carbocycles. The summed E-state index contributed by atoms with van der Waals surface area (Å²) >= 11 is 0. The quantitative estimate of drug-likeness (QED) is 0.671. The van der Waals surface area contributed by atoms with Crippen LogP contribution < -0.4 is 5.32 Å². The standard InChI is InChI=1S/C6H9F4NO/c7-5(8)6(9,10)12-4-1-2-11-3-4/h4-5,11H,1-3H2. The van der Waals surface area contributed by atoms with Crippen LogP contribution in [0.25, 0.3) is 0 Å². The van der Waals surface area contributed by atoms with E-state index < -0.39 is 18.6 Å². The summed E-state index contributed by atoms with van der Waals surface area (Å²) in [4.78, 5) is 0. The number of nitrogens with one attached hydrogen (secondary N) is 1. The van der Waals surface area contributed by atoms with Gasteiger partial charge in [-0.05, 0) is 13.0 Å². The average Bonchev–Trinajstić information content (AvgIpc) is 2.38. The number of ether oxygens (including phenoxy) is 1. The molecule has 0 spiro atoms. The summed E-state index contributed by atoms with van der Waals surface area (Å²) in [6.45, 7) is 0.742. The highest BCUT2D eigenvalue weighted by Crippen LogP contribution is 2.27. The summed E-state index contributed by atoms with van der Waals surface area (Å²) in [6, 6.07) is 0. The van der Waals surface area contributed by atoms with Crippen molar-refractivity contribution >= 4 is 0 Å². The molecule has 6 heteroatoms. The smallest absolute Gasteiger partial charge is 0.314 e. The SMILES string of the molecule is FC(F)C(F)(F)OC1CCNC1. The molecule has 0 radical (unpaired) electrons. The summed E-state index contributed by atoms with van der Waals surface area (Å²) in [5.41, 5.74) is 0. The molecule has 72 valence electrons. The van der Waals surface area contributed by atoms with Crippen LogP contribution >= 0.6 is 0 Å². The van der Waals surface area contributed by atoms with E-state index in [1.165, 1.54) is 0 Å². The van der Waals surface area contributed by atoms with Crippen molar-refractivity contribution in [3.63, 3.8) is 0 Å². The maximum atomic E-state index is 12.2. The van der Waals surface area contributed by atoms with Crippen molar-refractivity contribution in [3.8, 4) is 0 Å². The number of halogens is 4. The van der Waals surface area contributed by atoms with Gasteiger partial charge in [-0.1, -0.05) is 0 Å². The summed E-state index contributed by atoms with van der Waals surface area (Å²) in [5.74, 6) is 0. The predicted octanol–water partition coefficient (Wildman–Crippen LogP) is 1.22.